The van der Waals surface area contributed by atoms with E-state index in [1.807, 2.05) is 49.3 Å². The van der Waals surface area contributed by atoms with Crippen LogP contribution in [0.15, 0.2) is 59.5 Å². The summed E-state index contributed by atoms with van der Waals surface area (Å²) in [7, 11) is 1.85. The van der Waals surface area contributed by atoms with Gasteiger partial charge in [0.2, 0.25) is 5.43 Å². The lowest BCUT2D eigenvalue weighted by Gasteiger charge is -2.51. The Morgan fingerprint density at radius 2 is 1.93 bits per heavy atom. The van der Waals surface area contributed by atoms with Gasteiger partial charge >= 0.3 is 0 Å². The number of carbonyl (C=O) groups excluding carboxylic acids is 1. The first-order chi connectivity index (χ1) is 19.8. The number of nitrogens with zero attached hydrogens (tertiary/aromatic N) is 5. The third kappa shape index (κ3) is 4.66. The van der Waals surface area contributed by atoms with Crippen LogP contribution in [-0.2, 0) is 17.8 Å². The molecule has 2 aliphatic rings. The summed E-state index contributed by atoms with van der Waals surface area (Å²) in [4.78, 5) is 29.7. The van der Waals surface area contributed by atoms with Gasteiger partial charge in [-0.05, 0) is 24.1 Å². The average molecular weight is 580 g/mol. The molecular weight excluding hydrogens is 552 g/mol. The molecule has 9 nitrogen and oxygen atoms in total. The van der Waals surface area contributed by atoms with E-state index in [0.717, 1.165) is 23.0 Å². The van der Waals surface area contributed by atoms with E-state index in [1.165, 1.54) is 12.1 Å². The van der Waals surface area contributed by atoms with Crippen LogP contribution in [0.3, 0.4) is 0 Å². The molecule has 6 rings (SSSR count). The number of rotatable bonds is 7. The van der Waals surface area contributed by atoms with Crippen molar-refractivity contribution in [1.82, 2.24) is 19.8 Å². The molecule has 0 saturated carbocycles. The van der Waals surface area contributed by atoms with Crippen LogP contribution in [0.4, 0.5) is 8.78 Å². The maximum atomic E-state index is 14.3. The summed E-state index contributed by atoms with van der Waals surface area (Å²) in [6.45, 7) is 3.20. The lowest BCUT2D eigenvalue weighted by molar-refractivity contribution is 0.0244. The lowest BCUT2D eigenvalue weighted by atomic mass is 10.0. The second-order valence-electron chi connectivity index (χ2n) is 9.94. The van der Waals surface area contributed by atoms with Crippen LogP contribution in [0, 0.1) is 11.6 Å². The Balaban J connectivity index is 1.45. The van der Waals surface area contributed by atoms with Crippen molar-refractivity contribution in [3.8, 4) is 16.3 Å². The zero-order valence-corrected chi connectivity index (χ0v) is 23.3. The van der Waals surface area contributed by atoms with Crippen molar-refractivity contribution in [1.29, 1.82) is 0 Å². The molecule has 2 aromatic heterocycles. The minimum Gasteiger partial charge on any atom is -0.482 e. The van der Waals surface area contributed by atoms with Crippen LogP contribution >= 0.6 is 11.3 Å². The zero-order valence-electron chi connectivity index (χ0n) is 22.5. The van der Waals surface area contributed by atoms with Crippen molar-refractivity contribution in [2.75, 3.05) is 31.8 Å². The number of benzene rings is 2. The first kappa shape index (κ1) is 27.0. The van der Waals surface area contributed by atoms with E-state index in [-0.39, 0.29) is 41.5 Å². The van der Waals surface area contributed by atoms with Crippen LogP contribution in [0.1, 0.15) is 40.0 Å². The molecule has 1 amide bonds. The Bertz CT molecular complexity index is 1670. The molecule has 212 valence electrons. The Hall–Kier alpha value is -4.16. The standard InChI is InChI=1S/C29H27F2N5O4S/c1-3-35-28(38)24-26(40-16-18-7-5-4-6-8-18)25(37)21(15-36(24)34(2)29(35)11-12-39-17-29)27-33-32-23(41-27)13-19-9-10-20(30)14-22(19)31/h4-10,14-15H,3,11-13,16-17H2,1-2H3. The van der Waals surface area contributed by atoms with Gasteiger partial charge in [-0.1, -0.05) is 47.7 Å². The van der Waals surface area contributed by atoms with Crippen molar-refractivity contribution in [2.24, 2.45) is 0 Å². The van der Waals surface area contributed by atoms with Crippen molar-refractivity contribution in [2.45, 2.75) is 32.0 Å². The van der Waals surface area contributed by atoms with Crippen LogP contribution in [0.2, 0.25) is 0 Å². The third-order valence-electron chi connectivity index (χ3n) is 7.60. The fraction of sp³-hybridized carbons (Fsp3) is 0.310. The minimum absolute atomic E-state index is 0.0785. The zero-order chi connectivity index (χ0) is 28.7. The molecule has 0 N–H and O–H groups in total. The van der Waals surface area contributed by atoms with Gasteiger partial charge in [0.15, 0.2) is 22.1 Å². The molecule has 0 bridgehead atoms. The summed E-state index contributed by atoms with van der Waals surface area (Å²) in [6, 6.07) is 12.7. The maximum Gasteiger partial charge on any atom is 0.278 e. The van der Waals surface area contributed by atoms with Gasteiger partial charge in [0.1, 0.15) is 23.2 Å². The predicted molar refractivity (Wildman–Crippen MR) is 149 cm³/mol. The topological polar surface area (TPSA) is 89.8 Å². The highest BCUT2D eigenvalue weighted by atomic mass is 32.1. The first-order valence-electron chi connectivity index (χ1n) is 13.2. The summed E-state index contributed by atoms with van der Waals surface area (Å²) in [5, 5.41) is 11.0. The van der Waals surface area contributed by atoms with Gasteiger partial charge < -0.3 is 14.4 Å². The number of hydrogen-bond acceptors (Lipinski definition) is 8. The van der Waals surface area contributed by atoms with Gasteiger partial charge in [-0.3, -0.25) is 19.3 Å². The van der Waals surface area contributed by atoms with E-state index in [9.17, 15) is 18.4 Å². The van der Waals surface area contributed by atoms with E-state index in [1.54, 1.807) is 15.8 Å². The molecule has 0 aliphatic carbocycles. The van der Waals surface area contributed by atoms with Crippen LogP contribution < -0.4 is 15.2 Å². The monoisotopic (exact) mass is 579 g/mol. The molecule has 1 unspecified atom stereocenters. The summed E-state index contributed by atoms with van der Waals surface area (Å²) < 4.78 is 41.1. The van der Waals surface area contributed by atoms with Gasteiger partial charge in [0.05, 0.1) is 18.8 Å². The fourth-order valence-corrected chi connectivity index (χ4v) is 6.30. The van der Waals surface area contributed by atoms with Crippen molar-refractivity contribution < 1.29 is 23.0 Å². The average Bonchev–Trinajstić information content (AvgIpc) is 3.64. The molecule has 4 heterocycles. The number of carbonyl (C=O) groups is 1. The smallest absolute Gasteiger partial charge is 0.278 e. The molecule has 1 spiro atoms. The van der Waals surface area contributed by atoms with E-state index < -0.39 is 22.7 Å². The second-order valence-corrected chi connectivity index (χ2v) is 11.0. The highest BCUT2D eigenvalue weighted by molar-refractivity contribution is 7.14. The Kier molecular flexibility index (Phi) is 7.04. The number of fused-ring (bicyclic) bond motifs is 1. The third-order valence-corrected chi connectivity index (χ3v) is 8.55. The molecular formula is C29H27F2N5O4S. The Labute approximate surface area is 238 Å². The van der Waals surface area contributed by atoms with Gasteiger partial charge in [0.25, 0.3) is 5.91 Å². The van der Waals surface area contributed by atoms with Gasteiger partial charge in [0, 0.05) is 38.7 Å². The molecule has 1 fully saturated rings. The Morgan fingerprint density at radius 1 is 1.12 bits per heavy atom. The molecule has 0 radical (unpaired) electrons. The van der Waals surface area contributed by atoms with E-state index in [0.29, 0.717) is 36.2 Å². The first-order valence-corrected chi connectivity index (χ1v) is 14.0. The highest BCUT2D eigenvalue weighted by Gasteiger charge is 2.52. The van der Waals surface area contributed by atoms with Crippen molar-refractivity contribution in [3.63, 3.8) is 0 Å². The number of amides is 1. The largest absolute Gasteiger partial charge is 0.482 e. The minimum atomic E-state index is -0.728. The van der Waals surface area contributed by atoms with Gasteiger partial charge in [-0.2, -0.15) is 0 Å². The Morgan fingerprint density at radius 3 is 2.63 bits per heavy atom. The molecule has 1 saturated heterocycles. The lowest BCUT2D eigenvalue weighted by Crippen LogP contribution is -2.69. The molecule has 12 heteroatoms. The summed E-state index contributed by atoms with van der Waals surface area (Å²) in [5.74, 6) is -1.76. The number of halogens is 2. The number of likely N-dealkylation sites (N-methyl/N-ethyl adjacent to an activating group) is 2. The van der Waals surface area contributed by atoms with E-state index >= 15 is 0 Å². The molecule has 1 atom stereocenters. The molecule has 41 heavy (non-hydrogen) atoms. The van der Waals surface area contributed by atoms with Crippen LogP contribution in [-0.4, -0.2) is 58.1 Å². The van der Waals surface area contributed by atoms with Crippen molar-refractivity contribution in [3.05, 3.63) is 98.4 Å². The number of hydrogen-bond donors (Lipinski definition) is 0. The van der Waals surface area contributed by atoms with E-state index in [2.05, 4.69) is 10.2 Å². The molecule has 2 aliphatic heterocycles. The maximum absolute atomic E-state index is 14.3. The van der Waals surface area contributed by atoms with E-state index in [4.69, 9.17) is 9.47 Å². The van der Waals surface area contributed by atoms with Crippen molar-refractivity contribution >= 4 is 17.2 Å². The summed E-state index contributed by atoms with van der Waals surface area (Å²) in [6.07, 6.45) is 2.26. The molecule has 4 aromatic rings. The number of aromatic nitrogens is 3. The van der Waals surface area contributed by atoms with Crippen LogP contribution in [0.25, 0.3) is 10.6 Å². The SMILES string of the molecule is CCN1C(=O)c2c(OCc3ccccc3)c(=O)c(-c3nnc(Cc4ccc(F)cc4F)s3)cn2N(C)C12CCOC2. The second kappa shape index (κ2) is 10.7. The van der Waals surface area contributed by atoms with Gasteiger partial charge in [-0.15, -0.1) is 10.2 Å². The summed E-state index contributed by atoms with van der Waals surface area (Å²) in [5.41, 5.74) is 0.179. The fourth-order valence-electron chi connectivity index (χ4n) is 5.43. The quantitative estimate of drug-likeness (QED) is 0.327. The normalized spacial score (nSPS) is 18.3. The highest BCUT2D eigenvalue weighted by Crippen LogP contribution is 2.37. The predicted octanol–water partition coefficient (Wildman–Crippen LogP) is 3.97. The molecule has 2 aromatic carbocycles. The van der Waals surface area contributed by atoms with Gasteiger partial charge in [-0.25, -0.2) is 8.78 Å². The number of pyridine rings is 1. The van der Waals surface area contributed by atoms with Crippen LogP contribution in [0.5, 0.6) is 5.75 Å². The summed E-state index contributed by atoms with van der Waals surface area (Å²) >= 11 is 1.12. The number of ether oxygens (including phenoxy) is 2.